The van der Waals surface area contributed by atoms with Crippen LogP contribution in [0.25, 0.3) is 0 Å². The number of thioether (sulfide) groups is 1. The summed E-state index contributed by atoms with van der Waals surface area (Å²) in [5, 5.41) is 12.3. The average molecular weight is 328 g/mol. The van der Waals surface area contributed by atoms with E-state index < -0.39 is 0 Å². The largest absolute Gasteiger partial charge is 0.374 e. The Morgan fingerprint density at radius 3 is 2.85 bits per heavy atom. The first-order valence-electron chi connectivity index (χ1n) is 5.43. The van der Waals surface area contributed by atoms with E-state index in [1.54, 1.807) is 30.5 Å². The molecule has 0 spiro atoms. The van der Waals surface area contributed by atoms with Gasteiger partial charge in [-0.05, 0) is 17.7 Å². The van der Waals surface area contributed by atoms with Crippen molar-refractivity contribution in [3.05, 3.63) is 34.9 Å². The molecule has 2 rings (SSSR count). The van der Waals surface area contributed by atoms with Gasteiger partial charge in [0, 0.05) is 5.02 Å². The number of rotatable bonds is 5. The summed E-state index contributed by atoms with van der Waals surface area (Å²) in [6.45, 7) is 0. The number of hydrogen-bond donors (Lipinski definition) is 2. The lowest BCUT2D eigenvalue weighted by atomic mass is 10.2. The maximum atomic E-state index is 11.5. The van der Waals surface area contributed by atoms with Crippen LogP contribution in [0.4, 0.5) is 5.13 Å². The van der Waals surface area contributed by atoms with E-state index >= 15 is 0 Å². The number of aromatic nitrogens is 2. The number of halogens is 1. The van der Waals surface area contributed by atoms with Crippen LogP contribution < -0.4 is 11.2 Å². The molecule has 0 aliphatic heterocycles. The molecule has 1 amide bonds. The van der Waals surface area contributed by atoms with E-state index in [0.29, 0.717) is 14.5 Å². The highest BCUT2D eigenvalue weighted by Gasteiger charge is 2.05. The second-order valence-corrected chi connectivity index (χ2v) is 6.21. The molecule has 9 heteroatoms. The Balaban J connectivity index is 1.76. The number of carbonyl (C=O) groups excluding carboxylic acids is 1. The molecule has 0 fully saturated rings. The zero-order chi connectivity index (χ0) is 14.4. The lowest BCUT2D eigenvalue weighted by Gasteiger charge is -1.97. The van der Waals surface area contributed by atoms with Gasteiger partial charge in [0.15, 0.2) is 4.34 Å². The quantitative estimate of drug-likeness (QED) is 0.498. The van der Waals surface area contributed by atoms with E-state index in [1.165, 1.54) is 23.1 Å². The van der Waals surface area contributed by atoms with Gasteiger partial charge in [0.1, 0.15) is 0 Å². The lowest BCUT2D eigenvalue weighted by molar-refractivity contribution is -0.118. The number of amides is 1. The highest BCUT2D eigenvalue weighted by atomic mass is 35.5. The number of anilines is 1. The Morgan fingerprint density at radius 2 is 2.20 bits per heavy atom. The molecule has 1 aromatic carbocycles. The Morgan fingerprint density at radius 1 is 1.45 bits per heavy atom. The molecule has 0 unspecified atom stereocenters. The summed E-state index contributed by atoms with van der Waals surface area (Å²) in [6, 6.07) is 7.11. The molecule has 0 radical (unpaired) electrons. The number of carbonyl (C=O) groups is 1. The van der Waals surface area contributed by atoms with Crippen LogP contribution in [0, 0.1) is 0 Å². The van der Waals surface area contributed by atoms with Crippen LogP contribution in [0.1, 0.15) is 5.56 Å². The predicted molar refractivity (Wildman–Crippen MR) is 82.2 cm³/mol. The summed E-state index contributed by atoms with van der Waals surface area (Å²) in [6.07, 6.45) is 1.54. The number of nitrogens with two attached hydrogens (primary N) is 1. The third kappa shape index (κ3) is 4.80. The Bertz CT molecular complexity index is 614. The number of nitrogens with one attached hydrogen (secondary N) is 1. The highest BCUT2D eigenvalue weighted by molar-refractivity contribution is 8.01. The van der Waals surface area contributed by atoms with Crippen molar-refractivity contribution in [3.63, 3.8) is 0 Å². The first-order valence-corrected chi connectivity index (χ1v) is 7.61. The van der Waals surface area contributed by atoms with Crippen molar-refractivity contribution < 1.29 is 4.79 Å². The fourth-order valence-corrected chi connectivity index (χ4v) is 2.72. The molecular formula is C11H10ClN5OS2. The molecular weight excluding hydrogens is 318 g/mol. The summed E-state index contributed by atoms with van der Waals surface area (Å²) in [5.74, 6) is -0.0268. The van der Waals surface area contributed by atoms with E-state index in [4.69, 9.17) is 17.3 Å². The van der Waals surface area contributed by atoms with E-state index in [9.17, 15) is 4.79 Å². The van der Waals surface area contributed by atoms with Gasteiger partial charge in [0.2, 0.25) is 5.13 Å². The summed E-state index contributed by atoms with van der Waals surface area (Å²) in [7, 11) is 0. The second-order valence-electron chi connectivity index (χ2n) is 3.54. The summed E-state index contributed by atoms with van der Waals surface area (Å²) in [5.41, 5.74) is 8.71. The molecule has 2 aromatic rings. The normalized spacial score (nSPS) is 10.8. The predicted octanol–water partition coefficient (Wildman–Crippen LogP) is 2.02. The molecule has 20 heavy (non-hydrogen) atoms. The fraction of sp³-hybridized carbons (Fsp3) is 0.0909. The molecule has 1 aromatic heterocycles. The molecule has 6 nitrogen and oxygen atoms in total. The third-order valence-electron chi connectivity index (χ3n) is 2.02. The number of nitrogen functional groups attached to an aromatic ring is 1. The van der Waals surface area contributed by atoms with Gasteiger partial charge in [0.25, 0.3) is 5.91 Å². The van der Waals surface area contributed by atoms with Gasteiger partial charge in [-0.2, -0.15) is 5.10 Å². The minimum absolute atomic E-state index is 0.201. The van der Waals surface area contributed by atoms with Crippen LogP contribution in [-0.4, -0.2) is 28.1 Å². The monoisotopic (exact) mass is 327 g/mol. The van der Waals surface area contributed by atoms with Crippen LogP contribution in [0.5, 0.6) is 0 Å². The maximum Gasteiger partial charge on any atom is 0.250 e. The molecule has 1 heterocycles. The third-order valence-corrected chi connectivity index (χ3v) is 4.16. The Hall–Kier alpha value is -1.64. The summed E-state index contributed by atoms with van der Waals surface area (Å²) >= 11 is 8.26. The topological polar surface area (TPSA) is 93.3 Å². The van der Waals surface area contributed by atoms with Gasteiger partial charge in [-0.3, -0.25) is 4.79 Å². The van der Waals surface area contributed by atoms with Crippen molar-refractivity contribution in [2.24, 2.45) is 5.10 Å². The molecule has 0 saturated carbocycles. The molecule has 0 aliphatic rings. The van der Waals surface area contributed by atoms with Crippen LogP contribution in [-0.2, 0) is 4.79 Å². The van der Waals surface area contributed by atoms with Gasteiger partial charge in [-0.15, -0.1) is 10.2 Å². The first kappa shape index (κ1) is 14.8. The van der Waals surface area contributed by atoms with Gasteiger partial charge >= 0.3 is 0 Å². The first-order chi connectivity index (χ1) is 9.63. The van der Waals surface area contributed by atoms with Crippen molar-refractivity contribution in [2.45, 2.75) is 4.34 Å². The molecule has 3 N–H and O–H groups in total. The van der Waals surface area contributed by atoms with E-state index in [-0.39, 0.29) is 11.7 Å². The lowest BCUT2D eigenvalue weighted by Crippen LogP contribution is -2.19. The minimum atomic E-state index is -0.228. The van der Waals surface area contributed by atoms with Crippen molar-refractivity contribution in [1.82, 2.24) is 15.6 Å². The van der Waals surface area contributed by atoms with Crippen LogP contribution in [0.2, 0.25) is 5.02 Å². The molecule has 0 aliphatic carbocycles. The zero-order valence-corrected chi connectivity index (χ0v) is 12.5. The zero-order valence-electron chi connectivity index (χ0n) is 10.1. The van der Waals surface area contributed by atoms with Crippen molar-refractivity contribution >= 4 is 52.0 Å². The average Bonchev–Trinajstić information content (AvgIpc) is 2.85. The number of hydrazone groups is 1. The van der Waals surface area contributed by atoms with E-state index in [1.807, 2.05) is 0 Å². The standard InChI is InChI=1S/C11H10ClN5OS2/c12-8-3-1-7(2-4-8)5-14-15-9(18)6-19-11-17-16-10(13)20-11/h1-5H,6H2,(H2,13,16)(H,15,18). The van der Waals surface area contributed by atoms with Crippen molar-refractivity contribution in [2.75, 3.05) is 11.5 Å². The second kappa shape index (κ2) is 7.22. The van der Waals surface area contributed by atoms with Gasteiger partial charge < -0.3 is 5.73 Å². The minimum Gasteiger partial charge on any atom is -0.374 e. The van der Waals surface area contributed by atoms with Crippen molar-refractivity contribution in [1.29, 1.82) is 0 Å². The van der Waals surface area contributed by atoms with Gasteiger partial charge in [0.05, 0.1) is 12.0 Å². The molecule has 104 valence electrons. The van der Waals surface area contributed by atoms with E-state index in [0.717, 1.165) is 5.56 Å². The smallest absolute Gasteiger partial charge is 0.250 e. The van der Waals surface area contributed by atoms with Crippen LogP contribution in [0.15, 0.2) is 33.7 Å². The summed E-state index contributed by atoms with van der Waals surface area (Å²) in [4.78, 5) is 11.5. The molecule has 0 atom stereocenters. The number of benzene rings is 1. The molecule has 0 saturated heterocycles. The van der Waals surface area contributed by atoms with Crippen LogP contribution >= 0.6 is 34.7 Å². The van der Waals surface area contributed by atoms with Crippen LogP contribution in [0.3, 0.4) is 0 Å². The Labute approximate surface area is 128 Å². The molecule has 0 bridgehead atoms. The fourth-order valence-electron chi connectivity index (χ4n) is 1.17. The van der Waals surface area contributed by atoms with Gasteiger partial charge in [-0.1, -0.05) is 46.8 Å². The number of nitrogens with zero attached hydrogens (tertiary/aromatic N) is 3. The highest BCUT2D eigenvalue weighted by Crippen LogP contribution is 2.22. The van der Waals surface area contributed by atoms with Crippen molar-refractivity contribution in [3.8, 4) is 0 Å². The van der Waals surface area contributed by atoms with E-state index in [2.05, 4.69) is 20.7 Å². The SMILES string of the molecule is Nc1nnc(SCC(=O)NN=Cc2ccc(Cl)cc2)s1. The Kier molecular flexibility index (Phi) is 5.33. The van der Waals surface area contributed by atoms with Gasteiger partial charge in [-0.25, -0.2) is 5.43 Å². The summed E-state index contributed by atoms with van der Waals surface area (Å²) < 4.78 is 0.652. The maximum absolute atomic E-state index is 11.5. The number of hydrogen-bond acceptors (Lipinski definition) is 7.